The van der Waals surface area contributed by atoms with Gasteiger partial charge in [0.25, 0.3) is 0 Å². The Bertz CT molecular complexity index is 455. The molecule has 1 aromatic carbocycles. The highest BCUT2D eigenvalue weighted by Gasteiger charge is 2.29. The van der Waals surface area contributed by atoms with Gasteiger partial charge in [0.15, 0.2) is 0 Å². The van der Waals surface area contributed by atoms with Crippen LogP contribution in [-0.4, -0.2) is 23.1 Å². The number of benzene rings is 1. The zero-order valence-corrected chi connectivity index (χ0v) is 14.3. The first-order chi connectivity index (χ1) is 10.1. The lowest BCUT2D eigenvalue weighted by Gasteiger charge is -2.24. The molecule has 1 heterocycles. The summed E-state index contributed by atoms with van der Waals surface area (Å²) in [6.07, 6.45) is 4.05. The summed E-state index contributed by atoms with van der Waals surface area (Å²) in [5, 5.41) is 0.223. The zero-order chi connectivity index (χ0) is 15.2. The molecular weight excluding hydrogens is 278 g/mol. The quantitative estimate of drug-likeness (QED) is 0.692. The highest BCUT2D eigenvalue weighted by Crippen LogP contribution is 2.38. The molecule has 0 aromatic heterocycles. The van der Waals surface area contributed by atoms with Gasteiger partial charge in [0.2, 0.25) is 5.91 Å². The van der Waals surface area contributed by atoms with E-state index in [1.54, 1.807) is 0 Å². The van der Waals surface area contributed by atoms with E-state index in [9.17, 15) is 4.79 Å². The van der Waals surface area contributed by atoms with Gasteiger partial charge in [0.1, 0.15) is 5.37 Å². The van der Waals surface area contributed by atoms with Gasteiger partial charge in [-0.3, -0.25) is 4.79 Å². The van der Waals surface area contributed by atoms with Gasteiger partial charge in [0, 0.05) is 18.7 Å². The number of carbonyl (C=O) groups excluding carboxylic acids is 1. The fourth-order valence-corrected chi connectivity index (χ4v) is 3.99. The maximum atomic E-state index is 12.4. The van der Waals surface area contributed by atoms with E-state index in [0.29, 0.717) is 18.2 Å². The van der Waals surface area contributed by atoms with Crippen molar-refractivity contribution in [2.24, 2.45) is 0 Å². The van der Waals surface area contributed by atoms with E-state index < -0.39 is 0 Å². The van der Waals surface area contributed by atoms with Crippen LogP contribution in [0.4, 0.5) is 0 Å². The molecule has 1 aliphatic heterocycles. The van der Waals surface area contributed by atoms with Crippen molar-refractivity contribution in [3.05, 3.63) is 35.4 Å². The van der Waals surface area contributed by atoms with Gasteiger partial charge in [0.05, 0.1) is 0 Å². The number of thioether (sulfide) groups is 1. The average molecular weight is 305 g/mol. The molecule has 2 rings (SSSR count). The first-order valence-electron chi connectivity index (χ1n) is 8.14. The third-order valence-corrected chi connectivity index (χ3v) is 5.35. The molecule has 0 saturated carbocycles. The van der Waals surface area contributed by atoms with Crippen molar-refractivity contribution in [2.45, 2.75) is 57.7 Å². The SMILES string of the molecule is CCCCCC(=O)N1CCS[C@H]1c1ccc(C(C)C)cc1. The number of nitrogens with zero attached hydrogens (tertiary/aromatic N) is 1. The average Bonchev–Trinajstić information content (AvgIpc) is 2.97. The fraction of sp³-hybridized carbons (Fsp3) is 0.611. The number of carbonyl (C=O) groups is 1. The van der Waals surface area contributed by atoms with Crippen LogP contribution in [0.1, 0.15) is 68.9 Å². The number of unbranched alkanes of at least 4 members (excludes halogenated alkanes) is 2. The van der Waals surface area contributed by atoms with Gasteiger partial charge in [-0.05, 0) is 23.5 Å². The normalized spacial score (nSPS) is 18.5. The Morgan fingerprint density at radius 3 is 2.62 bits per heavy atom. The van der Waals surface area contributed by atoms with E-state index >= 15 is 0 Å². The summed E-state index contributed by atoms with van der Waals surface area (Å²) in [5.74, 6) is 1.93. The number of hydrogen-bond acceptors (Lipinski definition) is 2. The largest absolute Gasteiger partial charge is 0.326 e. The number of hydrogen-bond donors (Lipinski definition) is 0. The Labute approximate surface area is 133 Å². The van der Waals surface area contributed by atoms with Crippen molar-refractivity contribution in [1.29, 1.82) is 0 Å². The molecule has 116 valence electrons. The van der Waals surface area contributed by atoms with Gasteiger partial charge in [-0.15, -0.1) is 11.8 Å². The van der Waals surface area contributed by atoms with Crippen LogP contribution in [0, 0.1) is 0 Å². The molecule has 1 saturated heterocycles. The molecule has 1 aliphatic rings. The van der Waals surface area contributed by atoms with Crippen molar-refractivity contribution < 1.29 is 4.79 Å². The van der Waals surface area contributed by atoms with E-state index in [2.05, 4.69) is 49.9 Å². The fourth-order valence-electron chi connectivity index (χ4n) is 2.72. The lowest BCUT2D eigenvalue weighted by Crippen LogP contribution is -2.30. The van der Waals surface area contributed by atoms with Crippen LogP contribution >= 0.6 is 11.8 Å². The first-order valence-corrected chi connectivity index (χ1v) is 9.19. The maximum absolute atomic E-state index is 12.4. The molecule has 1 fully saturated rings. The van der Waals surface area contributed by atoms with Gasteiger partial charge in [-0.2, -0.15) is 0 Å². The van der Waals surface area contributed by atoms with Crippen molar-refractivity contribution in [3.8, 4) is 0 Å². The minimum absolute atomic E-state index is 0.223. The van der Waals surface area contributed by atoms with Crippen LogP contribution in [0.3, 0.4) is 0 Å². The lowest BCUT2D eigenvalue weighted by molar-refractivity contribution is -0.131. The Balaban J connectivity index is 2.02. The van der Waals surface area contributed by atoms with Crippen molar-refractivity contribution in [3.63, 3.8) is 0 Å². The standard InChI is InChI=1S/C18H27NOS/c1-4-5-6-7-17(20)19-12-13-21-18(19)16-10-8-15(9-11-16)14(2)3/h8-11,14,18H,4-7,12-13H2,1-3H3/t18-/m0/s1. The minimum Gasteiger partial charge on any atom is -0.326 e. The molecule has 1 amide bonds. The van der Waals surface area contributed by atoms with E-state index in [1.165, 1.54) is 17.5 Å². The molecule has 0 spiro atoms. The van der Waals surface area contributed by atoms with Crippen molar-refractivity contribution in [2.75, 3.05) is 12.3 Å². The van der Waals surface area contributed by atoms with Crippen LogP contribution in [0.25, 0.3) is 0 Å². The molecule has 3 heteroatoms. The summed E-state index contributed by atoms with van der Waals surface area (Å²) in [7, 11) is 0. The minimum atomic E-state index is 0.223. The summed E-state index contributed by atoms with van der Waals surface area (Å²) < 4.78 is 0. The monoisotopic (exact) mass is 305 g/mol. The lowest BCUT2D eigenvalue weighted by atomic mass is 10.0. The van der Waals surface area contributed by atoms with Gasteiger partial charge in [-0.1, -0.05) is 57.9 Å². The summed E-state index contributed by atoms with van der Waals surface area (Å²) >= 11 is 1.89. The van der Waals surface area contributed by atoms with E-state index in [1.807, 2.05) is 11.8 Å². The summed E-state index contributed by atoms with van der Waals surface area (Å²) in [4.78, 5) is 14.5. The second-order valence-corrected chi connectivity index (χ2v) is 7.28. The number of amides is 1. The Kier molecular flexibility index (Phi) is 6.16. The van der Waals surface area contributed by atoms with E-state index in [0.717, 1.165) is 25.1 Å². The molecule has 0 bridgehead atoms. The number of rotatable bonds is 6. The van der Waals surface area contributed by atoms with Gasteiger partial charge in [-0.25, -0.2) is 0 Å². The van der Waals surface area contributed by atoms with E-state index in [-0.39, 0.29) is 5.37 Å². The summed E-state index contributed by atoms with van der Waals surface area (Å²) in [6, 6.07) is 8.81. The molecular formula is C18H27NOS. The van der Waals surface area contributed by atoms with Crippen LogP contribution in [0.15, 0.2) is 24.3 Å². The van der Waals surface area contributed by atoms with Crippen LogP contribution in [0.2, 0.25) is 0 Å². The van der Waals surface area contributed by atoms with Crippen molar-refractivity contribution in [1.82, 2.24) is 4.90 Å². The summed E-state index contributed by atoms with van der Waals surface area (Å²) in [5.41, 5.74) is 2.63. The van der Waals surface area contributed by atoms with E-state index in [4.69, 9.17) is 0 Å². The third kappa shape index (κ3) is 4.26. The molecule has 1 aromatic rings. The van der Waals surface area contributed by atoms with Crippen LogP contribution in [-0.2, 0) is 4.79 Å². The molecule has 0 N–H and O–H groups in total. The first kappa shape index (κ1) is 16.4. The highest BCUT2D eigenvalue weighted by molar-refractivity contribution is 7.99. The molecule has 0 radical (unpaired) electrons. The highest BCUT2D eigenvalue weighted by atomic mass is 32.2. The smallest absolute Gasteiger partial charge is 0.223 e. The molecule has 0 aliphatic carbocycles. The second-order valence-electron chi connectivity index (χ2n) is 6.09. The van der Waals surface area contributed by atoms with Gasteiger partial charge >= 0.3 is 0 Å². The Hall–Kier alpha value is -0.960. The topological polar surface area (TPSA) is 20.3 Å². The zero-order valence-electron chi connectivity index (χ0n) is 13.5. The van der Waals surface area contributed by atoms with Crippen LogP contribution in [0.5, 0.6) is 0 Å². The molecule has 21 heavy (non-hydrogen) atoms. The van der Waals surface area contributed by atoms with Crippen molar-refractivity contribution >= 4 is 17.7 Å². The molecule has 0 unspecified atom stereocenters. The molecule has 1 atom stereocenters. The predicted molar refractivity (Wildman–Crippen MR) is 91.6 cm³/mol. The Morgan fingerprint density at radius 2 is 2.00 bits per heavy atom. The second kappa shape index (κ2) is 7.88. The summed E-state index contributed by atoms with van der Waals surface area (Å²) in [6.45, 7) is 7.49. The predicted octanol–water partition coefficient (Wildman–Crippen LogP) is 4.96. The molecule has 2 nitrogen and oxygen atoms in total. The van der Waals surface area contributed by atoms with Gasteiger partial charge < -0.3 is 4.90 Å². The third-order valence-electron chi connectivity index (χ3n) is 4.09. The van der Waals surface area contributed by atoms with Crippen LogP contribution < -0.4 is 0 Å². The maximum Gasteiger partial charge on any atom is 0.223 e. The Morgan fingerprint density at radius 1 is 1.29 bits per heavy atom.